The molecule has 6 aromatic carbocycles. The second-order valence-corrected chi connectivity index (χ2v) is 11.3. The van der Waals surface area contributed by atoms with Crippen molar-refractivity contribution in [3.63, 3.8) is 0 Å². The van der Waals surface area contributed by atoms with Crippen molar-refractivity contribution in [3.8, 4) is 28.0 Å². The summed E-state index contributed by atoms with van der Waals surface area (Å²) >= 11 is 0. The van der Waals surface area contributed by atoms with Crippen molar-refractivity contribution >= 4 is 21.9 Å². The van der Waals surface area contributed by atoms with Gasteiger partial charge in [-0.05, 0) is 68.3 Å². The van der Waals surface area contributed by atoms with E-state index < -0.39 is 10.8 Å². The molecule has 0 unspecified atom stereocenters. The fourth-order valence-corrected chi connectivity index (χ4v) is 8.82. The maximum absolute atomic E-state index is 12.1. The fraction of sp³-hybridized carbons (Fsp3) is 0.0526. The Morgan fingerprint density at radius 3 is 1.40 bits per heavy atom. The van der Waals surface area contributed by atoms with Gasteiger partial charge in [0.25, 0.3) is 0 Å². The Balaban J connectivity index is 1.64. The van der Waals surface area contributed by atoms with E-state index in [4.69, 9.17) is 4.42 Å². The number of benzene rings is 6. The Kier molecular flexibility index (Phi) is 3.50. The average molecular weight is 511 g/mol. The Bertz CT molecular complexity index is 2160. The Morgan fingerprint density at radius 2 is 0.850 bits per heavy atom. The van der Waals surface area contributed by atoms with Gasteiger partial charge in [-0.3, -0.25) is 0 Å². The van der Waals surface area contributed by atoms with Gasteiger partial charge in [-0.25, -0.2) is 0 Å². The minimum Gasteiger partial charge on any atom is -0.508 e. The van der Waals surface area contributed by atoms with Crippen LogP contribution in [0.3, 0.4) is 0 Å². The van der Waals surface area contributed by atoms with Gasteiger partial charge in [-0.15, -0.1) is 0 Å². The van der Waals surface area contributed by atoms with Crippen molar-refractivity contribution in [1.29, 1.82) is 0 Å². The van der Waals surface area contributed by atoms with Crippen LogP contribution < -0.4 is 0 Å². The molecular weight excluding hydrogens is 488 g/mol. The number of aromatic hydroxyl groups is 1. The van der Waals surface area contributed by atoms with E-state index in [0.29, 0.717) is 5.75 Å². The topological polar surface area (TPSA) is 33.4 Å². The monoisotopic (exact) mass is 510 g/mol. The van der Waals surface area contributed by atoms with Crippen LogP contribution in [0, 0.1) is 0 Å². The maximum atomic E-state index is 12.1. The predicted octanol–water partition coefficient (Wildman–Crippen LogP) is 8.93. The van der Waals surface area contributed by atoms with Crippen LogP contribution >= 0.6 is 0 Å². The SMILES string of the molecule is Oc1ccc2oc3cccc4c3c2c1C12c3ccccc3-c3ccccc3C41c1ccccc1-c1ccccc12. The van der Waals surface area contributed by atoms with Crippen LogP contribution in [0.15, 0.2) is 132 Å². The van der Waals surface area contributed by atoms with E-state index in [1.54, 1.807) is 0 Å². The molecule has 186 valence electrons. The third-order valence-corrected chi connectivity index (χ3v) is 9.89. The number of phenolic OH excluding ortho intramolecular Hbond substituents is 1. The molecule has 1 N–H and O–H groups in total. The van der Waals surface area contributed by atoms with Crippen molar-refractivity contribution < 1.29 is 9.52 Å². The van der Waals surface area contributed by atoms with Gasteiger partial charge in [0.1, 0.15) is 16.9 Å². The summed E-state index contributed by atoms with van der Waals surface area (Å²) in [6, 6.07) is 45.7. The molecule has 0 amide bonds. The molecule has 2 nitrogen and oxygen atoms in total. The van der Waals surface area contributed by atoms with Crippen LogP contribution in [-0.4, -0.2) is 5.11 Å². The highest BCUT2D eigenvalue weighted by Gasteiger charge is 2.67. The van der Waals surface area contributed by atoms with Crippen LogP contribution in [-0.2, 0) is 10.8 Å². The van der Waals surface area contributed by atoms with Crippen LogP contribution in [0.2, 0.25) is 0 Å². The molecule has 10 rings (SSSR count). The van der Waals surface area contributed by atoms with Crippen LogP contribution in [0.1, 0.15) is 33.4 Å². The molecule has 7 aromatic rings. The van der Waals surface area contributed by atoms with Gasteiger partial charge >= 0.3 is 0 Å². The molecule has 0 radical (unpaired) electrons. The predicted molar refractivity (Wildman–Crippen MR) is 159 cm³/mol. The van der Waals surface area contributed by atoms with Crippen molar-refractivity contribution in [1.82, 2.24) is 0 Å². The molecule has 0 saturated carbocycles. The maximum Gasteiger partial charge on any atom is 0.136 e. The van der Waals surface area contributed by atoms with Gasteiger partial charge in [-0.1, -0.05) is 109 Å². The lowest BCUT2D eigenvalue weighted by Gasteiger charge is -2.61. The number of rotatable bonds is 0. The highest BCUT2D eigenvalue weighted by atomic mass is 16.3. The van der Waals surface area contributed by atoms with E-state index in [9.17, 15) is 5.11 Å². The Morgan fingerprint density at radius 1 is 0.400 bits per heavy atom. The van der Waals surface area contributed by atoms with Crippen molar-refractivity contribution in [2.45, 2.75) is 10.8 Å². The molecule has 3 aliphatic carbocycles. The number of furan rings is 1. The highest BCUT2D eigenvalue weighted by Crippen LogP contribution is 2.73. The number of fused-ring (bicyclic) bond motifs is 6. The van der Waals surface area contributed by atoms with Crippen LogP contribution in [0.5, 0.6) is 5.75 Å². The summed E-state index contributed by atoms with van der Waals surface area (Å²) in [6.45, 7) is 0. The summed E-state index contributed by atoms with van der Waals surface area (Å²) in [5, 5.41) is 14.2. The van der Waals surface area contributed by atoms with Crippen LogP contribution in [0.25, 0.3) is 44.2 Å². The summed E-state index contributed by atoms with van der Waals surface area (Å²) in [7, 11) is 0. The highest BCUT2D eigenvalue weighted by molar-refractivity contribution is 6.15. The fourth-order valence-electron chi connectivity index (χ4n) is 8.82. The number of hydrogen-bond donors (Lipinski definition) is 1. The van der Waals surface area contributed by atoms with Gasteiger partial charge in [0.15, 0.2) is 0 Å². The Labute approximate surface area is 230 Å². The minimum atomic E-state index is -0.738. The molecule has 1 heterocycles. The zero-order chi connectivity index (χ0) is 26.2. The van der Waals surface area contributed by atoms with E-state index in [0.717, 1.165) is 27.5 Å². The molecule has 0 bridgehead atoms. The van der Waals surface area contributed by atoms with E-state index in [-0.39, 0.29) is 0 Å². The second-order valence-electron chi connectivity index (χ2n) is 11.3. The van der Waals surface area contributed by atoms with Gasteiger partial charge in [-0.2, -0.15) is 0 Å². The largest absolute Gasteiger partial charge is 0.508 e. The second kappa shape index (κ2) is 6.73. The molecule has 1 aromatic heterocycles. The van der Waals surface area contributed by atoms with Crippen LogP contribution in [0.4, 0.5) is 0 Å². The lowest BCUT2D eigenvalue weighted by Crippen LogP contribution is -2.57. The normalized spacial score (nSPS) is 20.8. The zero-order valence-corrected chi connectivity index (χ0v) is 21.5. The van der Waals surface area contributed by atoms with Gasteiger partial charge in [0.05, 0.1) is 10.8 Å². The molecule has 2 heteroatoms. The summed E-state index contributed by atoms with van der Waals surface area (Å²) in [4.78, 5) is 0. The van der Waals surface area contributed by atoms with Crippen molar-refractivity contribution in [2.75, 3.05) is 0 Å². The van der Waals surface area contributed by atoms with E-state index in [1.807, 2.05) is 12.1 Å². The van der Waals surface area contributed by atoms with E-state index in [1.165, 1.54) is 50.1 Å². The third kappa shape index (κ3) is 1.96. The van der Waals surface area contributed by atoms with Gasteiger partial charge in [0.2, 0.25) is 0 Å². The molecule has 3 aliphatic rings. The summed E-state index contributed by atoms with van der Waals surface area (Å²) in [5.74, 6) is 0.303. The summed E-state index contributed by atoms with van der Waals surface area (Å²) < 4.78 is 6.56. The molecule has 0 atom stereocenters. The smallest absolute Gasteiger partial charge is 0.136 e. The first kappa shape index (κ1) is 20.8. The molecular formula is C38H22O2. The molecule has 0 saturated heterocycles. The summed E-state index contributed by atoms with van der Waals surface area (Å²) in [6.07, 6.45) is 0. The first-order valence-corrected chi connectivity index (χ1v) is 13.8. The van der Waals surface area contributed by atoms with E-state index >= 15 is 0 Å². The van der Waals surface area contributed by atoms with Gasteiger partial charge < -0.3 is 9.52 Å². The first-order chi connectivity index (χ1) is 19.8. The van der Waals surface area contributed by atoms with Crippen molar-refractivity contribution in [2.24, 2.45) is 0 Å². The molecule has 0 fully saturated rings. The molecule has 0 spiro atoms. The molecule has 0 aliphatic heterocycles. The van der Waals surface area contributed by atoms with E-state index in [2.05, 4.69) is 115 Å². The Hall–Kier alpha value is -5.08. The van der Waals surface area contributed by atoms with Crippen molar-refractivity contribution in [3.05, 3.63) is 161 Å². The average Bonchev–Trinajstić information content (AvgIpc) is 3.40. The summed E-state index contributed by atoms with van der Waals surface area (Å²) in [5.41, 5.74) is 12.3. The minimum absolute atomic E-state index is 0.303. The number of phenols is 1. The lowest BCUT2D eigenvalue weighted by atomic mass is 9.39. The first-order valence-electron chi connectivity index (χ1n) is 13.8. The van der Waals surface area contributed by atoms with Gasteiger partial charge in [0, 0.05) is 16.3 Å². The lowest BCUT2D eigenvalue weighted by molar-refractivity contribution is 0.386. The third-order valence-electron chi connectivity index (χ3n) is 9.89. The quantitative estimate of drug-likeness (QED) is 0.221. The zero-order valence-electron chi connectivity index (χ0n) is 21.5. The number of hydrogen-bond acceptors (Lipinski definition) is 2. The molecule has 40 heavy (non-hydrogen) atoms. The standard InChI is InChI=1S/C38H22O2/c39-31-20-21-33-35-34-30(18-9-19-32(34)40-33)37-26-14-5-1-10-22(26)24-12-3-7-16-28(24)38(37,36(31)35)29-17-8-4-13-25(29)23-11-2-6-15-27(23)37/h1-21,39H.